The van der Waals surface area contributed by atoms with E-state index in [0.717, 1.165) is 0 Å². The van der Waals surface area contributed by atoms with Gasteiger partial charge in [0.25, 0.3) is 0 Å². The Morgan fingerprint density at radius 3 is 3.00 bits per heavy atom. The molecule has 1 aromatic carbocycles. The maximum atomic E-state index is 11.7. The SMILES string of the molecule is COCCCC(=O)Nc1ccc(Cl)cc1C#CCO. The summed E-state index contributed by atoms with van der Waals surface area (Å²) in [6.45, 7) is 0.305. The molecule has 0 aliphatic heterocycles. The number of aliphatic hydroxyl groups is 1. The van der Waals surface area contributed by atoms with Crippen molar-refractivity contribution in [1.82, 2.24) is 0 Å². The van der Waals surface area contributed by atoms with Crippen LogP contribution < -0.4 is 5.32 Å². The van der Waals surface area contributed by atoms with Crippen LogP contribution in [0.25, 0.3) is 0 Å². The highest BCUT2D eigenvalue weighted by Crippen LogP contribution is 2.20. The monoisotopic (exact) mass is 281 g/mol. The molecule has 0 heterocycles. The molecule has 0 saturated carbocycles. The second-order valence-corrected chi connectivity index (χ2v) is 4.23. The standard InChI is InChI=1S/C14H16ClNO3/c1-19-9-3-5-14(18)16-13-7-6-12(15)10-11(13)4-2-8-17/h6-7,10,17H,3,5,8-9H2,1H3,(H,16,18). The van der Waals surface area contributed by atoms with Gasteiger partial charge in [0, 0.05) is 30.7 Å². The molecule has 4 nitrogen and oxygen atoms in total. The maximum absolute atomic E-state index is 11.7. The van der Waals surface area contributed by atoms with E-state index in [-0.39, 0.29) is 12.5 Å². The van der Waals surface area contributed by atoms with Gasteiger partial charge in [0.15, 0.2) is 0 Å². The van der Waals surface area contributed by atoms with E-state index in [1.807, 2.05) is 0 Å². The molecule has 102 valence electrons. The van der Waals surface area contributed by atoms with Crippen LogP contribution in [-0.2, 0) is 9.53 Å². The Kier molecular flexibility index (Phi) is 6.98. The highest BCUT2D eigenvalue weighted by molar-refractivity contribution is 6.30. The van der Waals surface area contributed by atoms with Gasteiger partial charge in [-0.1, -0.05) is 23.4 Å². The minimum Gasteiger partial charge on any atom is -0.385 e. The number of aliphatic hydroxyl groups excluding tert-OH is 1. The molecule has 1 rings (SSSR count). The Morgan fingerprint density at radius 1 is 1.53 bits per heavy atom. The van der Waals surface area contributed by atoms with E-state index in [0.29, 0.717) is 35.7 Å². The number of anilines is 1. The van der Waals surface area contributed by atoms with Gasteiger partial charge < -0.3 is 15.2 Å². The van der Waals surface area contributed by atoms with Crippen molar-refractivity contribution in [3.8, 4) is 11.8 Å². The molecule has 0 fully saturated rings. The quantitative estimate of drug-likeness (QED) is 0.641. The van der Waals surface area contributed by atoms with Gasteiger partial charge in [-0.25, -0.2) is 0 Å². The number of rotatable bonds is 5. The lowest BCUT2D eigenvalue weighted by Crippen LogP contribution is -2.13. The number of hydrogen-bond acceptors (Lipinski definition) is 3. The van der Waals surface area contributed by atoms with Crippen molar-refractivity contribution in [2.75, 3.05) is 25.6 Å². The molecule has 5 heteroatoms. The molecule has 1 aromatic rings. The van der Waals surface area contributed by atoms with Crippen molar-refractivity contribution in [3.63, 3.8) is 0 Å². The summed E-state index contributed by atoms with van der Waals surface area (Å²) in [4.78, 5) is 11.7. The number of halogens is 1. The highest BCUT2D eigenvalue weighted by atomic mass is 35.5. The molecule has 0 aliphatic rings. The van der Waals surface area contributed by atoms with E-state index in [9.17, 15) is 4.79 Å². The molecule has 0 bridgehead atoms. The fourth-order valence-corrected chi connectivity index (χ4v) is 1.63. The number of nitrogens with one attached hydrogen (secondary N) is 1. The molecular formula is C14H16ClNO3. The Labute approximate surface area is 117 Å². The summed E-state index contributed by atoms with van der Waals surface area (Å²) >= 11 is 5.88. The van der Waals surface area contributed by atoms with Gasteiger partial charge in [0.2, 0.25) is 5.91 Å². The zero-order chi connectivity index (χ0) is 14.1. The molecule has 0 aliphatic carbocycles. The van der Waals surface area contributed by atoms with Crippen LogP contribution >= 0.6 is 11.6 Å². The van der Waals surface area contributed by atoms with E-state index in [1.165, 1.54) is 0 Å². The average Bonchev–Trinajstić information content (AvgIpc) is 2.39. The van der Waals surface area contributed by atoms with Gasteiger partial charge in [-0.15, -0.1) is 0 Å². The zero-order valence-corrected chi connectivity index (χ0v) is 11.5. The third kappa shape index (κ3) is 5.75. The number of hydrogen-bond donors (Lipinski definition) is 2. The second-order valence-electron chi connectivity index (χ2n) is 3.79. The molecule has 2 N–H and O–H groups in total. The van der Waals surface area contributed by atoms with Gasteiger partial charge in [-0.3, -0.25) is 4.79 Å². The topological polar surface area (TPSA) is 58.6 Å². The first kappa shape index (κ1) is 15.5. The number of carbonyl (C=O) groups excluding carboxylic acids is 1. The fraction of sp³-hybridized carbons (Fsp3) is 0.357. The van der Waals surface area contributed by atoms with E-state index in [2.05, 4.69) is 17.2 Å². The van der Waals surface area contributed by atoms with Gasteiger partial charge >= 0.3 is 0 Å². The summed E-state index contributed by atoms with van der Waals surface area (Å²) < 4.78 is 4.89. The first-order valence-corrected chi connectivity index (χ1v) is 6.23. The van der Waals surface area contributed by atoms with E-state index < -0.39 is 0 Å². The summed E-state index contributed by atoms with van der Waals surface area (Å²) in [5.74, 6) is 5.18. The van der Waals surface area contributed by atoms with Gasteiger partial charge in [0.1, 0.15) is 6.61 Å². The smallest absolute Gasteiger partial charge is 0.224 e. The van der Waals surface area contributed by atoms with Crippen molar-refractivity contribution >= 4 is 23.2 Å². The number of methoxy groups -OCH3 is 1. The molecule has 19 heavy (non-hydrogen) atoms. The predicted molar refractivity (Wildman–Crippen MR) is 75.2 cm³/mol. The second kappa shape index (κ2) is 8.54. The number of benzene rings is 1. The Morgan fingerprint density at radius 2 is 2.32 bits per heavy atom. The Balaban J connectivity index is 2.74. The molecule has 1 amide bonds. The lowest BCUT2D eigenvalue weighted by Gasteiger charge is -2.08. The van der Waals surface area contributed by atoms with E-state index in [4.69, 9.17) is 21.4 Å². The van der Waals surface area contributed by atoms with Gasteiger partial charge in [-0.05, 0) is 24.6 Å². The van der Waals surface area contributed by atoms with Crippen LogP contribution in [0.15, 0.2) is 18.2 Å². The molecule has 0 atom stereocenters. The van der Waals surface area contributed by atoms with Crippen LogP contribution in [0.2, 0.25) is 5.02 Å². The Bertz CT molecular complexity index is 491. The molecule has 0 aromatic heterocycles. The van der Waals surface area contributed by atoms with Crippen molar-refractivity contribution in [1.29, 1.82) is 0 Å². The lowest BCUT2D eigenvalue weighted by molar-refractivity contribution is -0.116. The van der Waals surface area contributed by atoms with Crippen LogP contribution in [0.5, 0.6) is 0 Å². The minimum absolute atomic E-state index is 0.105. The van der Waals surface area contributed by atoms with Crippen molar-refractivity contribution in [3.05, 3.63) is 28.8 Å². The van der Waals surface area contributed by atoms with Crippen LogP contribution in [0.4, 0.5) is 5.69 Å². The van der Waals surface area contributed by atoms with Crippen molar-refractivity contribution < 1.29 is 14.6 Å². The summed E-state index contributed by atoms with van der Waals surface area (Å²) in [5.41, 5.74) is 1.18. The predicted octanol–water partition coefficient (Wildman–Crippen LogP) is 2.05. The number of amides is 1. The number of ether oxygens (including phenoxy) is 1. The van der Waals surface area contributed by atoms with Gasteiger partial charge in [0.05, 0.1) is 5.69 Å². The van der Waals surface area contributed by atoms with E-state index >= 15 is 0 Å². The highest BCUT2D eigenvalue weighted by Gasteiger charge is 2.06. The first-order valence-electron chi connectivity index (χ1n) is 5.85. The summed E-state index contributed by atoms with van der Waals surface area (Å²) in [7, 11) is 1.60. The first-order chi connectivity index (χ1) is 9.17. The van der Waals surface area contributed by atoms with Crippen molar-refractivity contribution in [2.45, 2.75) is 12.8 Å². The molecule has 0 saturated heterocycles. The largest absolute Gasteiger partial charge is 0.385 e. The van der Waals surface area contributed by atoms with Crippen LogP contribution in [-0.4, -0.2) is 31.3 Å². The molecule has 0 radical (unpaired) electrons. The molecule has 0 spiro atoms. The van der Waals surface area contributed by atoms with Crippen LogP contribution in [0.1, 0.15) is 18.4 Å². The summed E-state index contributed by atoms with van der Waals surface area (Å²) in [5, 5.41) is 12.0. The third-order valence-corrected chi connectivity index (χ3v) is 2.55. The molecule has 0 unspecified atom stereocenters. The maximum Gasteiger partial charge on any atom is 0.224 e. The van der Waals surface area contributed by atoms with Crippen molar-refractivity contribution in [2.24, 2.45) is 0 Å². The molecular weight excluding hydrogens is 266 g/mol. The van der Waals surface area contributed by atoms with Gasteiger partial charge in [-0.2, -0.15) is 0 Å². The summed E-state index contributed by atoms with van der Waals surface area (Å²) in [6, 6.07) is 5.02. The Hall–Kier alpha value is -1.54. The van der Waals surface area contributed by atoms with Crippen LogP contribution in [0.3, 0.4) is 0 Å². The van der Waals surface area contributed by atoms with E-state index in [1.54, 1.807) is 25.3 Å². The minimum atomic E-state index is -0.242. The summed E-state index contributed by atoms with van der Waals surface area (Å²) in [6.07, 6.45) is 1.04. The third-order valence-electron chi connectivity index (χ3n) is 2.31. The normalized spacial score (nSPS) is 9.63. The van der Waals surface area contributed by atoms with Crippen LogP contribution in [0, 0.1) is 11.8 Å². The number of carbonyl (C=O) groups is 1. The lowest BCUT2D eigenvalue weighted by atomic mass is 10.1. The average molecular weight is 282 g/mol. The fourth-order valence-electron chi connectivity index (χ4n) is 1.45. The zero-order valence-electron chi connectivity index (χ0n) is 10.7.